The number of halogens is 1. The maximum Gasteiger partial charge on any atom is 0.250 e. The van der Waals surface area contributed by atoms with E-state index in [4.69, 9.17) is 4.74 Å². The lowest BCUT2D eigenvalue weighted by molar-refractivity contribution is -0.137. The van der Waals surface area contributed by atoms with Crippen LogP contribution in [0.3, 0.4) is 0 Å². The molecule has 1 aliphatic rings. The summed E-state index contributed by atoms with van der Waals surface area (Å²) in [6.45, 7) is 3.42. The van der Waals surface area contributed by atoms with E-state index in [0.717, 1.165) is 16.7 Å². The first-order chi connectivity index (χ1) is 9.65. The SMILES string of the molecule is CN1CCO[C@H](C(=O)NCCNc2cccc(Br)c2)C1. The van der Waals surface area contributed by atoms with E-state index >= 15 is 0 Å². The van der Waals surface area contributed by atoms with Crippen molar-refractivity contribution in [2.45, 2.75) is 6.10 Å². The maximum atomic E-state index is 11.9. The minimum Gasteiger partial charge on any atom is -0.383 e. The van der Waals surface area contributed by atoms with Crippen LogP contribution < -0.4 is 10.6 Å². The van der Waals surface area contributed by atoms with Crippen LogP contribution in [0, 0.1) is 0 Å². The number of benzene rings is 1. The van der Waals surface area contributed by atoms with E-state index in [9.17, 15) is 4.79 Å². The molecule has 1 aromatic carbocycles. The van der Waals surface area contributed by atoms with Crippen molar-refractivity contribution in [2.24, 2.45) is 0 Å². The van der Waals surface area contributed by atoms with Gasteiger partial charge in [0, 0.05) is 36.3 Å². The highest BCUT2D eigenvalue weighted by Crippen LogP contribution is 2.15. The summed E-state index contributed by atoms with van der Waals surface area (Å²) in [5.41, 5.74) is 1.03. The van der Waals surface area contributed by atoms with Gasteiger partial charge in [0.25, 0.3) is 5.91 Å². The van der Waals surface area contributed by atoms with Gasteiger partial charge in [-0.2, -0.15) is 0 Å². The lowest BCUT2D eigenvalue weighted by Gasteiger charge is -2.29. The Hall–Kier alpha value is -1.11. The Bertz CT molecular complexity index is 456. The first kappa shape index (κ1) is 15.3. The van der Waals surface area contributed by atoms with Gasteiger partial charge in [-0.15, -0.1) is 0 Å². The summed E-state index contributed by atoms with van der Waals surface area (Å²) in [7, 11) is 2.00. The van der Waals surface area contributed by atoms with Gasteiger partial charge in [-0.3, -0.25) is 4.79 Å². The second-order valence-corrected chi connectivity index (χ2v) is 5.77. The fourth-order valence-corrected chi connectivity index (χ4v) is 2.44. The van der Waals surface area contributed by atoms with E-state index in [1.54, 1.807) is 0 Å². The zero-order valence-electron chi connectivity index (χ0n) is 11.6. The molecule has 0 bridgehead atoms. The van der Waals surface area contributed by atoms with E-state index in [2.05, 4.69) is 31.5 Å². The summed E-state index contributed by atoms with van der Waals surface area (Å²) in [4.78, 5) is 14.0. The molecule has 0 aliphatic carbocycles. The average molecular weight is 342 g/mol. The normalized spacial score (nSPS) is 19.6. The number of nitrogens with zero attached hydrogens (tertiary/aromatic N) is 1. The quantitative estimate of drug-likeness (QED) is 0.793. The summed E-state index contributed by atoms with van der Waals surface area (Å²) in [5, 5.41) is 6.15. The molecule has 5 nitrogen and oxygen atoms in total. The number of amides is 1. The van der Waals surface area contributed by atoms with Gasteiger partial charge in [0.05, 0.1) is 6.61 Å². The van der Waals surface area contributed by atoms with E-state index < -0.39 is 0 Å². The Labute approximate surface area is 127 Å². The first-order valence-electron chi connectivity index (χ1n) is 6.72. The van der Waals surface area contributed by atoms with Gasteiger partial charge < -0.3 is 20.3 Å². The number of nitrogens with one attached hydrogen (secondary N) is 2. The van der Waals surface area contributed by atoms with Gasteiger partial charge in [0.15, 0.2) is 0 Å². The molecule has 1 amide bonds. The molecule has 1 aliphatic heterocycles. The van der Waals surface area contributed by atoms with Crippen molar-refractivity contribution < 1.29 is 9.53 Å². The molecule has 1 aromatic rings. The molecule has 0 aromatic heterocycles. The van der Waals surface area contributed by atoms with Crippen LogP contribution in [0.2, 0.25) is 0 Å². The van der Waals surface area contributed by atoms with Crippen molar-refractivity contribution >= 4 is 27.5 Å². The lowest BCUT2D eigenvalue weighted by Crippen LogP contribution is -2.49. The number of morpholine rings is 1. The fraction of sp³-hybridized carbons (Fsp3) is 0.500. The third-order valence-electron chi connectivity index (χ3n) is 3.14. The third kappa shape index (κ3) is 4.77. The topological polar surface area (TPSA) is 53.6 Å². The van der Waals surface area contributed by atoms with Crippen LogP contribution in [0.1, 0.15) is 0 Å². The van der Waals surface area contributed by atoms with E-state index in [1.165, 1.54) is 0 Å². The summed E-state index contributed by atoms with van der Waals surface area (Å²) in [5.74, 6) is -0.0346. The summed E-state index contributed by atoms with van der Waals surface area (Å²) in [6.07, 6.45) is -0.348. The number of likely N-dealkylation sites (N-methyl/N-ethyl adjacent to an activating group) is 1. The summed E-state index contributed by atoms with van der Waals surface area (Å²) in [6, 6.07) is 7.94. The number of rotatable bonds is 5. The van der Waals surface area contributed by atoms with Gasteiger partial charge in [-0.05, 0) is 25.2 Å². The lowest BCUT2D eigenvalue weighted by atomic mass is 10.2. The van der Waals surface area contributed by atoms with Gasteiger partial charge in [0.2, 0.25) is 0 Å². The molecule has 1 fully saturated rings. The van der Waals surface area contributed by atoms with Crippen molar-refractivity contribution in [2.75, 3.05) is 45.2 Å². The zero-order chi connectivity index (χ0) is 14.4. The first-order valence-corrected chi connectivity index (χ1v) is 7.52. The molecule has 2 rings (SSSR count). The molecular weight excluding hydrogens is 322 g/mol. The number of hydrogen-bond donors (Lipinski definition) is 2. The molecule has 2 N–H and O–H groups in total. The van der Waals surface area contributed by atoms with Crippen LogP contribution in [0.5, 0.6) is 0 Å². The second kappa shape index (κ2) is 7.61. The van der Waals surface area contributed by atoms with Crippen molar-refractivity contribution in [3.63, 3.8) is 0 Å². The molecule has 1 heterocycles. The predicted molar refractivity (Wildman–Crippen MR) is 82.9 cm³/mol. The Morgan fingerprint density at radius 1 is 1.50 bits per heavy atom. The highest BCUT2D eigenvalue weighted by molar-refractivity contribution is 9.10. The van der Waals surface area contributed by atoms with Crippen LogP contribution in [0.25, 0.3) is 0 Å². The van der Waals surface area contributed by atoms with Crippen molar-refractivity contribution in [1.29, 1.82) is 0 Å². The number of hydrogen-bond acceptors (Lipinski definition) is 4. The maximum absolute atomic E-state index is 11.9. The average Bonchev–Trinajstić information content (AvgIpc) is 2.43. The molecule has 0 spiro atoms. The van der Waals surface area contributed by atoms with Crippen LogP contribution >= 0.6 is 15.9 Å². The smallest absolute Gasteiger partial charge is 0.250 e. The zero-order valence-corrected chi connectivity index (χ0v) is 13.1. The Kier molecular flexibility index (Phi) is 5.82. The van der Waals surface area contributed by atoms with Crippen LogP contribution in [-0.2, 0) is 9.53 Å². The molecule has 20 heavy (non-hydrogen) atoms. The highest BCUT2D eigenvalue weighted by Gasteiger charge is 2.24. The van der Waals surface area contributed by atoms with Gasteiger partial charge >= 0.3 is 0 Å². The molecule has 110 valence electrons. The molecule has 1 atom stereocenters. The minimum absolute atomic E-state index is 0.0346. The third-order valence-corrected chi connectivity index (χ3v) is 3.63. The highest BCUT2D eigenvalue weighted by atomic mass is 79.9. The van der Waals surface area contributed by atoms with Crippen molar-refractivity contribution in [1.82, 2.24) is 10.2 Å². The minimum atomic E-state index is -0.348. The second-order valence-electron chi connectivity index (χ2n) is 4.85. The summed E-state index contributed by atoms with van der Waals surface area (Å²) < 4.78 is 6.49. The van der Waals surface area contributed by atoms with Crippen molar-refractivity contribution in [3.05, 3.63) is 28.7 Å². The molecule has 0 radical (unpaired) electrons. The van der Waals surface area contributed by atoms with Crippen molar-refractivity contribution in [3.8, 4) is 0 Å². The predicted octanol–water partition coefficient (Wildman–Crippen LogP) is 1.31. The number of ether oxygens (including phenoxy) is 1. The number of carbonyl (C=O) groups is 1. The van der Waals surface area contributed by atoms with Gasteiger partial charge in [-0.25, -0.2) is 0 Å². The van der Waals surface area contributed by atoms with E-state index in [0.29, 0.717) is 26.2 Å². The molecule has 1 saturated heterocycles. The number of anilines is 1. The van der Waals surface area contributed by atoms with Gasteiger partial charge in [-0.1, -0.05) is 22.0 Å². The Morgan fingerprint density at radius 3 is 3.10 bits per heavy atom. The van der Waals surface area contributed by atoms with E-state index in [-0.39, 0.29) is 12.0 Å². The Balaban J connectivity index is 1.66. The molecule has 0 unspecified atom stereocenters. The molecule has 6 heteroatoms. The monoisotopic (exact) mass is 341 g/mol. The van der Waals surface area contributed by atoms with Crippen LogP contribution in [0.15, 0.2) is 28.7 Å². The largest absolute Gasteiger partial charge is 0.383 e. The number of carbonyl (C=O) groups excluding carboxylic acids is 1. The molecular formula is C14H20BrN3O2. The molecule has 0 saturated carbocycles. The van der Waals surface area contributed by atoms with Crippen LogP contribution in [-0.4, -0.2) is 56.7 Å². The van der Waals surface area contributed by atoms with Crippen LogP contribution in [0.4, 0.5) is 5.69 Å². The standard InChI is InChI=1S/C14H20BrN3O2/c1-18-7-8-20-13(10-18)14(19)17-6-5-16-12-4-2-3-11(15)9-12/h2-4,9,13,16H,5-8,10H2,1H3,(H,17,19)/t13-/m0/s1. The van der Waals surface area contributed by atoms with Gasteiger partial charge in [0.1, 0.15) is 6.10 Å². The fourth-order valence-electron chi connectivity index (χ4n) is 2.04. The summed E-state index contributed by atoms with van der Waals surface area (Å²) >= 11 is 3.42. The Morgan fingerprint density at radius 2 is 2.35 bits per heavy atom. The van der Waals surface area contributed by atoms with E-state index in [1.807, 2.05) is 31.3 Å².